The largest absolute Gasteiger partial charge is 0.456 e. The first kappa shape index (κ1) is 29.6. The van der Waals surface area contributed by atoms with Gasteiger partial charge in [-0.3, -0.25) is 0 Å². The van der Waals surface area contributed by atoms with Crippen LogP contribution >= 0.6 is 0 Å². The lowest BCUT2D eigenvalue weighted by Crippen LogP contribution is -2.11. The van der Waals surface area contributed by atoms with Crippen molar-refractivity contribution < 1.29 is 8.83 Å². The van der Waals surface area contributed by atoms with Gasteiger partial charge in [-0.05, 0) is 81.2 Å². The molecule has 53 heavy (non-hydrogen) atoms. The maximum atomic E-state index is 6.70. The summed E-state index contributed by atoms with van der Waals surface area (Å²) in [6, 6.07) is 66.9. The highest BCUT2D eigenvalue weighted by atomic mass is 16.3. The van der Waals surface area contributed by atoms with Crippen molar-refractivity contribution in [1.29, 1.82) is 0 Å². The van der Waals surface area contributed by atoms with Gasteiger partial charge in [0.25, 0.3) is 0 Å². The fraction of sp³-hybridized carbons (Fsp3) is 0. The lowest BCUT2D eigenvalue weighted by Gasteiger charge is -2.29. The Balaban J connectivity index is 1.19. The highest BCUT2D eigenvalue weighted by molar-refractivity contribution is 6.15. The molecule has 3 nitrogen and oxygen atoms in total. The number of hydrogen-bond acceptors (Lipinski definition) is 3. The molecule has 0 unspecified atom stereocenters. The Morgan fingerprint density at radius 3 is 1.72 bits per heavy atom. The van der Waals surface area contributed by atoms with Crippen LogP contribution in [0.25, 0.3) is 87.7 Å². The zero-order valence-electron chi connectivity index (χ0n) is 28.7. The predicted molar refractivity (Wildman–Crippen MR) is 222 cm³/mol. The highest BCUT2D eigenvalue weighted by Crippen LogP contribution is 2.48. The molecule has 0 spiro atoms. The molecule has 0 radical (unpaired) electrons. The van der Waals surface area contributed by atoms with Crippen molar-refractivity contribution in [2.75, 3.05) is 4.90 Å². The molecule has 9 aromatic carbocycles. The highest BCUT2D eigenvalue weighted by Gasteiger charge is 2.23. The number of para-hydroxylation sites is 3. The number of anilines is 3. The molecule has 0 fully saturated rings. The second kappa shape index (κ2) is 11.7. The van der Waals surface area contributed by atoms with E-state index >= 15 is 0 Å². The minimum Gasteiger partial charge on any atom is -0.456 e. The van der Waals surface area contributed by atoms with E-state index in [9.17, 15) is 0 Å². The molecule has 0 amide bonds. The van der Waals surface area contributed by atoms with E-state index in [0.717, 1.165) is 77.5 Å². The molecule has 0 N–H and O–H groups in total. The lowest BCUT2D eigenvalue weighted by atomic mass is 9.93. The third-order valence-corrected chi connectivity index (χ3v) is 10.7. The van der Waals surface area contributed by atoms with Crippen LogP contribution in [0.5, 0.6) is 0 Å². The third-order valence-electron chi connectivity index (χ3n) is 10.7. The number of furan rings is 2. The minimum absolute atomic E-state index is 0.868. The summed E-state index contributed by atoms with van der Waals surface area (Å²) < 4.78 is 13.0. The van der Waals surface area contributed by atoms with Crippen molar-refractivity contribution in [2.45, 2.75) is 0 Å². The quantitative estimate of drug-likeness (QED) is 0.182. The molecule has 0 aliphatic rings. The van der Waals surface area contributed by atoms with Crippen molar-refractivity contribution in [3.63, 3.8) is 0 Å². The summed E-state index contributed by atoms with van der Waals surface area (Å²) in [5, 5.41) is 9.20. The Labute approximate surface area is 305 Å². The van der Waals surface area contributed by atoms with Crippen LogP contribution in [0, 0.1) is 0 Å². The molecular formula is C50H31NO2. The molecule has 0 saturated heterocycles. The van der Waals surface area contributed by atoms with Gasteiger partial charge >= 0.3 is 0 Å². The monoisotopic (exact) mass is 677 g/mol. The molecule has 3 heteroatoms. The first-order valence-electron chi connectivity index (χ1n) is 18.0. The molecule has 2 heterocycles. The van der Waals surface area contributed by atoms with Gasteiger partial charge in [-0.1, -0.05) is 140 Å². The van der Waals surface area contributed by atoms with E-state index in [4.69, 9.17) is 8.83 Å². The standard InChI is InChI=1S/C50H31NO2/c1-3-14-37-32(11-1)13-9-18-38(37)34-23-26-35(27-24-34)51(36-28-30-48-44(31-36)41-17-6-7-21-46(41)52-48)45-29-25-33-12-2-4-15-39(33)49(45)43-20-10-19-42-40-16-5-8-22-47(40)53-50(42)43/h1-31H. The van der Waals surface area contributed by atoms with E-state index in [0.29, 0.717) is 0 Å². The number of fused-ring (bicyclic) bond motifs is 8. The molecule has 0 aliphatic carbocycles. The second-order valence-corrected chi connectivity index (χ2v) is 13.6. The summed E-state index contributed by atoms with van der Waals surface area (Å²) >= 11 is 0. The zero-order valence-corrected chi connectivity index (χ0v) is 28.7. The van der Waals surface area contributed by atoms with Gasteiger partial charge in [0.05, 0.1) is 5.69 Å². The van der Waals surface area contributed by atoms with E-state index in [1.54, 1.807) is 0 Å². The van der Waals surface area contributed by atoms with Gasteiger partial charge in [0.2, 0.25) is 0 Å². The van der Waals surface area contributed by atoms with E-state index < -0.39 is 0 Å². The van der Waals surface area contributed by atoms with Crippen molar-refractivity contribution in [1.82, 2.24) is 0 Å². The average Bonchev–Trinajstić information content (AvgIpc) is 3.79. The molecule has 11 aromatic rings. The van der Waals surface area contributed by atoms with Crippen LogP contribution in [0.2, 0.25) is 0 Å². The molecule has 0 saturated carbocycles. The predicted octanol–water partition coefficient (Wildman–Crippen LogP) is 14.6. The number of nitrogens with zero attached hydrogens (tertiary/aromatic N) is 1. The molecular weight excluding hydrogens is 647 g/mol. The van der Waals surface area contributed by atoms with Gasteiger partial charge in [-0.15, -0.1) is 0 Å². The van der Waals surface area contributed by atoms with Crippen LogP contribution in [0.1, 0.15) is 0 Å². The molecule has 248 valence electrons. The van der Waals surface area contributed by atoms with Crippen LogP contribution < -0.4 is 4.90 Å². The summed E-state index contributed by atoms with van der Waals surface area (Å²) in [6.45, 7) is 0. The van der Waals surface area contributed by atoms with Crippen molar-refractivity contribution in [3.8, 4) is 22.3 Å². The van der Waals surface area contributed by atoms with Gasteiger partial charge in [0.15, 0.2) is 0 Å². The first-order chi connectivity index (χ1) is 26.3. The van der Waals surface area contributed by atoms with Gasteiger partial charge in [0.1, 0.15) is 22.3 Å². The summed E-state index contributed by atoms with van der Waals surface area (Å²) in [5.41, 5.74) is 11.2. The third kappa shape index (κ3) is 4.68. The van der Waals surface area contributed by atoms with E-state index in [-0.39, 0.29) is 0 Å². The molecule has 2 aromatic heterocycles. The zero-order chi connectivity index (χ0) is 34.9. The van der Waals surface area contributed by atoms with E-state index in [1.165, 1.54) is 27.3 Å². The second-order valence-electron chi connectivity index (χ2n) is 13.6. The minimum atomic E-state index is 0.868. The SMILES string of the molecule is c1ccc2c(-c3ccc(N(c4ccc5oc6ccccc6c5c4)c4ccc5ccccc5c4-c4cccc5c4oc4ccccc45)cc3)cccc2c1. The van der Waals surface area contributed by atoms with E-state index in [2.05, 4.69) is 175 Å². The maximum absolute atomic E-state index is 6.70. The average molecular weight is 678 g/mol. The van der Waals surface area contributed by atoms with Crippen LogP contribution in [-0.4, -0.2) is 0 Å². The summed E-state index contributed by atoms with van der Waals surface area (Å²) in [4.78, 5) is 2.39. The smallest absolute Gasteiger partial charge is 0.143 e. The summed E-state index contributed by atoms with van der Waals surface area (Å²) in [7, 11) is 0. The molecule has 0 bridgehead atoms. The molecule has 0 atom stereocenters. The molecule has 11 rings (SSSR count). The van der Waals surface area contributed by atoms with Crippen LogP contribution in [0.4, 0.5) is 17.1 Å². The first-order valence-corrected chi connectivity index (χ1v) is 18.0. The van der Waals surface area contributed by atoms with Crippen LogP contribution in [0.3, 0.4) is 0 Å². The Kier molecular flexibility index (Phi) is 6.55. The number of hydrogen-bond donors (Lipinski definition) is 0. The van der Waals surface area contributed by atoms with Crippen LogP contribution in [-0.2, 0) is 0 Å². The molecule has 0 aliphatic heterocycles. The van der Waals surface area contributed by atoms with Gasteiger partial charge < -0.3 is 13.7 Å². The van der Waals surface area contributed by atoms with Crippen molar-refractivity contribution in [2.24, 2.45) is 0 Å². The van der Waals surface area contributed by atoms with Gasteiger partial charge in [-0.2, -0.15) is 0 Å². The maximum Gasteiger partial charge on any atom is 0.143 e. The Morgan fingerprint density at radius 1 is 0.340 bits per heavy atom. The van der Waals surface area contributed by atoms with Crippen molar-refractivity contribution in [3.05, 3.63) is 188 Å². The lowest BCUT2D eigenvalue weighted by molar-refractivity contribution is 0.669. The Bertz CT molecular complexity index is 3180. The summed E-state index contributed by atoms with van der Waals surface area (Å²) in [6.07, 6.45) is 0. The van der Waals surface area contributed by atoms with Gasteiger partial charge in [0, 0.05) is 44.0 Å². The fourth-order valence-corrected chi connectivity index (χ4v) is 8.22. The van der Waals surface area contributed by atoms with Crippen LogP contribution in [0.15, 0.2) is 197 Å². The van der Waals surface area contributed by atoms with E-state index in [1.807, 2.05) is 18.2 Å². The van der Waals surface area contributed by atoms with Crippen molar-refractivity contribution >= 4 is 82.5 Å². The normalized spacial score (nSPS) is 11.8. The number of benzene rings is 9. The number of rotatable bonds is 5. The Morgan fingerprint density at radius 2 is 0.906 bits per heavy atom. The topological polar surface area (TPSA) is 29.5 Å². The Hall–Kier alpha value is -7.10. The summed E-state index contributed by atoms with van der Waals surface area (Å²) in [5.74, 6) is 0. The fourth-order valence-electron chi connectivity index (χ4n) is 8.22. The van der Waals surface area contributed by atoms with Gasteiger partial charge in [-0.25, -0.2) is 0 Å².